The second-order valence-electron chi connectivity index (χ2n) is 1.32. The molecule has 56 valence electrons. The standard InChI is InChI=1S/C3H3Cl2F3O/c4-2(5)3(6,7)1-9-8/h2H,1H2. The van der Waals surface area contributed by atoms with E-state index in [0.29, 0.717) is 0 Å². The average molecular weight is 183 g/mol. The van der Waals surface area contributed by atoms with E-state index in [-0.39, 0.29) is 0 Å². The Morgan fingerprint density at radius 1 is 1.44 bits per heavy atom. The molecule has 0 unspecified atom stereocenters. The summed E-state index contributed by atoms with van der Waals surface area (Å²) in [6, 6.07) is 0. The van der Waals surface area contributed by atoms with Gasteiger partial charge in [0.05, 0.1) is 0 Å². The molecule has 0 rings (SSSR count). The second-order valence-corrected chi connectivity index (χ2v) is 2.41. The molecule has 0 fully saturated rings. The third kappa shape index (κ3) is 3.13. The SMILES string of the molecule is FOCC(F)(F)C(Cl)Cl. The molecule has 9 heavy (non-hydrogen) atoms. The van der Waals surface area contributed by atoms with E-state index in [2.05, 4.69) is 4.94 Å². The van der Waals surface area contributed by atoms with Crippen LogP contribution in [-0.4, -0.2) is 17.4 Å². The Balaban J connectivity index is 3.70. The lowest BCUT2D eigenvalue weighted by Crippen LogP contribution is -2.29. The second kappa shape index (κ2) is 3.49. The Bertz CT molecular complexity index is 87.1. The van der Waals surface area contributed by atoms with E-state index < -0.39 is 17.4 Å². The third-order valence-electron chi connectivity index (χ3n) is 0.566. The van der Waals surface area contributed by atoms with Gasteiger partial charge in [0, 0.05) is 0 Å². The lowest BCUT2D eigenvalue weighted by Gasteiger charge is -2.12. The molecule has 1 nitrogen and oxygen atoms in total. The van der Waals surface area contributed by atoms with Gasteiger partial charge < -0.3 is 0 Å². The summed E-state index contributed by atoms with van der Waals surface area (Å²) >= 11 is 9.43. The number of rotatable bonds is 3. The van der Waals surface area contributed by atoms with Crippen molar-refractivity contribution in [2.24, 2.45) is 0 Å². The largest absolute Gasteiger partial charge is 0.303 e. The quantitative estimate of drug-likeness (QED) is 0.610. The van der Waals surface area contributed by atoms with Crippen LogP contribution in [0.5, 0.6) is 0 Å². The molecule has 0 saturated heterocycles. The van der Waals surface area contributed by atoms with Gasteiger partial charge in [-0.25, -0.2) is 8.78 Å². The molecule has 0 aliphatic carbocycles. The van der Waals surface area contributed by atoms with Crippen LogP contribution in [0.3, 0.4) is 0 Å². The van der Waals surface area contributed by atoms with Crippen LogP contribution in [0.4, 0.5) is 13.3 Å². The van der Waals surface area contributed by atoms with Crippen molar-refractivity contribution in [1.82, 2.24) is 0 Å². The first-order valence-electron chi connectivity index (χ1n) is 1.90. The molecule has 0 aromatic carbocycles. The third-order valence-corrected chi connectivity index (χ3v) is 1.20. The van der Waals surface area contributed by atoms with Crippen molar-refractivity contribution in [3.05, 3.63) is 0 Å². The van der Waals surface area contributed by atoms with Gasteiger partial charge >= 0.3 is 5.92 Å². The van der Waals surface area contributed by atoms with Crippen LogP contribution in [0.2, 0.25) is 0 Å². The first-order valence-corrected chi connectivity index (χ1v) is 2.77. The first kappa shape index (κ1) is 9.33. The lowest BCUT2D eigenvalue weighted by molar-refractivity contribution is -0.194. The van der Waals surface area contributed by atoms with Gasteiger partial charge in [-0.1, -0.05) is 23.2 Å². The van der Waals surface area contributed by atoms with Gasteiger partial charge in [0.25, 0.3) is 0 Å². The molecule has 0 saturated carbocycles. The molecule has 0 aliphatic heterocycles. The smallest absolute Gasteiger partial charge is 0.201 e. The first-order chi connectivity index (χ1) is 4.00. The van der Waals surface area contributed by atoms with Gasteiger partial charge in [0.15, 0.2) is 11.4 Å². The molecule has 0 aliphatic rings. The minimum absolute atomic E-state index is 1.41. The Kier molecular flexibility index (Phi) is 3.61. The van der Waals surface area contributed by atoms with Crippen LogP contribution in [0.1, 0.15) is 0 Å². The minimum atomic E-state index is -3.52. The van der Waals surface area contributed by atoms with Gasteiger partial charge in [-0.15, -0.1) is 0 Å². The van der Waals surface area contributed by atoms with Gasteiger partial charge in [-0.05, 0) is 4.53 Å². The van der Waals surface area contributed by atoms with Crippen LogP contribution in [0.25, 0.3) is 0 Å². The summed E-state index contributed by atoms with van der Waals surface area (Å²) in [4.78, 5) is 0.712. The normalized spacial score (nSPS) is 12.7. The van der Waals surface area contributed by atoms with Crippen molar-refractivity contribution in [2.45, 2.75) is 10.8 Å². The Hall–Kier alpha value is 0.330. The fourth-order valence-corrected chi connectivity index (χ4v) is 0.262. The predicted octanol–water partition coefficient (Wildman–Crippen LogP) is 2.33. The molecule has 0 bridgehead atoms. The molecule has 0 spiro atoms. The monoisotopic (exact) mass is 182 g/mol. The summed E-state index contributed by atoms with van der Waals surface area (Å²) < 4.78 is 34.6. The van der Waals surface area contributed by atoms with Gasteiger partial charge in [-0.2, -0.15) is 4.94 Å². The summed E-state index contributed by atoms with van der Waals surface area (Å²) in [7, 11) is 0. The summed E-state index contributed by atoms with van der Waals surface area (Å²) in [5.74, 6) is -3.52. The van der Waals surface area contributed by atoms with Crippen molar-refractivity contribution in [1.29, 1.82) is 0 Å². The van der Waals surface area contributed by atoms with E-state index in [0.717, 1.165) is 0 Å². The predicted molar refractivity (Wildman–Crippen MR) is 27.5 cm³/mol. The highest BCUT2D eigenvalue weighted by Gasteiger charge is 2.38. The molecular weight excluding hydrogens is 180 g/mol. The van der Waals surface area contributed by atoms with Crippen LogP contribution in [-0.2, 0) is 4.94 Å². The molecule has 0 heterocycles. The minimum Gasteiger partial charge on any atom is -0.201 e. The molecule has 0 N–H and O–H groups in total. The number of alkyl halides is 4. The maximum atomic E-state index is 11.9. The fourth-order valence-electron chi connectivity index (χ4n) is 0.136. The number of halogens is 5. The summed E-state index contributed by atoms with van der Waals surface area (Å²) in [6.07, 6.45) is 0. The molecule has 0 amide bonds. The van der Waals surface area contributed by atoms with E-state index in [1.807, 2.05) is 0 Å². The molecule has 0 radical (unpaired) electrons. The van der Waals surface area contributed by atoms with Crippen molar-refractivity contribution in [2.75, 3.05) is 6.61 Å². The number of hydrogen-bond acceptors (Lipinski definition) is 1. The molecule has 0 aromatic heterocycles. The Morgan fingerprint density at radius 3 is 2.00 bits per heavy atom. The van der Waals surface area contributed by atoms with Crippen LogP contribution in [0.15, 0.2) is 0 Å². The van der Waals surface area contributed by atoms with E-state index in [9.17, 15) is 13.3 Å². The average Bonchev–Trinajstić information content (AvgIpc) is 1.65. The van der Waals surface area contributed by atoms with Crippen molar-refractivity contribution >= 4 is 23.2 Å². The summed E-state index contributed by atoms with van der Waals surface area (Å²) in [6.45, 7) is -1.41. The van der Waals surface area contributed by atoms with Crippen LogP contribution >= 0.6 is 23.2 Å². The zero-order chi connectivity index (χ0) is 7.49. The zero-order valence-corrected chi connectivity index (χ0v) is 5.59. The highest BCUT2D eigenvalue weighted by molar-refractivity contribution is 6.45. The van der Waals surface area contributed by atoms with Crippen molar-refractivity contribution < 1.29 is 18.2 Å². The molecule has 0 atom stereocenters. The highest BCUT2D eigenvalue weighted by Crippen LogP contribution is 2.26. The maximum absolute atomic E-state index is 11.9. The van der Waals surface area contributed by atoms with E-state index in [1.54, 1.807) is 0 Å². The van der Waals surface area contributed by atoms with E-state index >= 15 is 0 Å². The van der Waals surface area contributed by atoms with Gasteiger partial charge in [0.2, 0.25) is 0 Å². The topological polar surface area (TPSA) is 9.23 Å². The molecular formula is C3H3Cl2F3O. The summed E-state index contributed by atoms with van der Waals surface area (Å²) in [5, 5.41) is 0. The highest BCUT2D eigenvalue weighted by atomic mass is 35.5. The Morgan fingerprint density at radius 2 is 1.89 bits per heavy atom. The van der Waals surface area contributed by atoms with E-state index in [1.165, 1.54) is 0 Å². The van der Waals surface area contributed by atoms with Gasteiger partial charge in [-0.3, -0.25) is 0 Å². The summed E-state index contributed by atoms with van der Waals surface area (Å²) in [5.41, 5.74) is 0. The van der Waals surface area contributed by atoms with Crippen molar-refractivity contribution in [3.8, 4) is 0 Å². The zero-order valence-electron chi connectivity index (χ0n) is 4.08. The van der Waals surface area contributed by atoms with Gasteiger partial charge in [0.1, 0.15) is 0 Å². The van der Waals surface area contributed by atoms with Crippen LogP contribution < -0.4 is 0 Å². The van der Waals surface area contributed by atoms with E-state index in [4.69, 9.17) is 23.2 Å². The fraction of sp³-hybridized carbons (Fsp3) is 1.00. The van der Waals surface area contributed by atoms with Crippen molar-refractivity contribution in [3.63, 3.8) is 0 Å². The molecule has 6 heteroatoms. The Labute approximate surface area is 59.6 Å². The lowest BCUT2D eigenvalue weighted by atomic mass is 10.4. The number of hydrogen-bond donors (Lipinski definition) is 0. The molecule has 0 aromatic rings. The van der Waals surface area contributed by atoms with Crippen LogP contribution in [0, 0.1) is 0 Å². The maximum Gasteiger partial charge on any atom is 0.303 e.